The van der Waals surface area contributed by atoms with Crippen molar-refractivity contribution in [2.24, 2.45) is 0 Å². The second-order valence-corrected chi connectivity index (χ2v) is 3.56. The number of piperazine rings is 1. The third kappa shape index (κ3) is 1.77. The second-order valence-electron chi connectivity index (χ2n) is 3.56. The Morgan fingerprint density at radius 2 is 2.07 bits per heavy atom. The Labute approximate surface area is 82.4 Å². The first kappa shape index (κ1) is 9.21. The summed E-state index contributed by atoms with van der Waals surface area (Å²) in [5.41, 5.74) is 0.630. The van der Waals surface area contributed by atoms with Gasteiger partial charge in [0, 0.05) is 26.2 Å². The quantitative estimate of drug-likeness (QED) is 0.656. The normalized spacial score (nSPS) is 18.5. The first-order chi connectivity index (χ1) is 6.77. The zero-order valence-corrected chi connectivity index (χ0v) is 8.23. The Morgan fingerprint density at radius 3 is 2.71 bits per heavy atom. The molecule has 1 aromatic rings. The van der Waals surface area contributed by atoms with Gasteiger partial charge in [-0.2, -0.15) is 0 Å². The fourth-order valence-electron chi connectivity index (χ4n) is 1.61. The Morgan fingerprint density at radius 1 is 1.36 bits per heavy atom. The summed E-state index contributed by atoms with van der Waals surface area (Å²) in [7, 11) is 2.09. The SMILES string of the molecule is CN1CCN(c2cnc[nH]c2=O)CC1. The molecule has 2 rings (SSSR count). The minimum Gasteiger partial charge on any atom is -0.363 e. The van der Waals surface area contributed by atoms with Crippen molar-refractivity contribution in [1.29, 1.82) is 0 Å². The van der Waals surface area contributed by atoms with Gasteiger partial charge < -0.3 is 14.8 Å². The Kier molecular flexibility index (Phi) is 2.49. The van der Waals surface area contributed by atoms with Gasteiger partial charge >= 0.3 is 0 Å². The van der Waals surface area contributed by atoms with E-state index in [1.54, 1.807) is 6.20 Å². The number of rotatable bonds is 1. The molecule has 14 heavy (non-hydrogen) atoms. The van der Waals surface area contributed by atoms with Crippen LogP contribution in [0.15, 0.2) is 17.3 Å². The van der Waals surface area contributed by atoms with E-state index in [9.17, 15) is 4.79 Å². The Hall–Kier alpha value is -1.36. The van der Waals surface area contributed by atoms with Crippen molar-refractivity contribution in [3.8, 4) is 0 Å². The Balaban J connectivity index is 2.16. The standard InChI is InChI=1S/C9H14N4O/c1-12-2-4-13(5-3-12)8-6-10-7-11-9(8)14/h6-7H,2-5H2,1H3,(H,10,11,14). The summed E-state index contributed by atoms with van der Waals surface area (Å²) in [5, 5.41) is 0. The summed E-state index contributed by atoms with van der Waals surface area (Å²) in [4.78, 5) is 22.3. The molecule has 1 aliphatic heterocycles. The predicted octanol–water partition coefficient (Wildman–Crippen LogP) is -0.478. The topological polar surface area (TPSA) is 52.2 Å². The van der Waals surface area contributed by atoms with Crippen molar-refractivity contribution in [1.82, 2.24) is 14.9 Å². The molecule has 1 saturated heterocycles. The molecule has 0 aliphatic carbocycles. The number of hydrogen-bond donors (Lipinski definition) is 1. The molecule has 0 radical (unpaired) electrons. The highest BCUT2D eigenvalue weighted by Crippen LogP contribution is 2.08. The zero-order chi connectivity index (χ0) is 9.97. The number of H-pyrrole nitrogens is 1. The Bertz CT molecular complexity index is 354. The number of anilines is 1. The maximum Gasteiger partial charge on any atom is 0.274 e. The first-order valence-electron chi connectivity index (χ1n) is 4.73. The van der Waals surface area contributed by atoms with Crippen LogP contribution in [0.3, 0.4) is 0 Å². The molecule has 0 bridgehead atoms. The van der Waals surface area contributed by atoms with Gasteiger partial charge in [0.2, 0.25) is 0 Å². The van der Waals surface area contributed by atoms with E-state index in [0.29, 0.717) is 5.69 Å². The lowest BCUT2D eigenvalue weighted by molar-refractivity contribution is 0.312. The number of nitrogens with zero attached hydrogens (tertiary/aromatic N) is 3. The van der Waals surface area contributed by atoms with Gasteiger partial charge in [0.25, 0.3) is 5.56 Å². The van der Waals surface area contributed by atoms with Crippen LogP contribution in [0.4, 0.5) is 5.69 Å². The minimum atomic E-state index is -0.0513. The summed E-state index contributed by atoms with van der Waals surface area (Å²) in [6.45, 7) is 3.78. The van der Waals surface area contributed by atoms with Crippen molar-refractivity contribution in [3.63, 3.8) is 0 Å². The molecule has 5 heteroatoms. The van der Waals surface area contributed by atoms with Crippen molar-refractivity contribution in [2.75, 3.05) is 38.1 Å². The van der Waals surface area contributed by atoms with E-state index < -0.39 is 0 Å². The zero-order valence-electron chi connectivity index (χ0n) is 8.23. The van der Waals surface area contributed by atoms with Crippen molar-refractivity contribution >= 4 is 5.69 Å². The van der Waals surface area contributed by atoms with Crippen LogP contribution in [0.5, 0.6) is 0 Å². The average molecular weight is 194 g/mol. The monoisotopic (exact) mass is 194 g/mol. The number of nitrogens with one attached hydrogen (secondary N) is 1. The molecular formula is C9H14N4O. The maximum absolute atomic E-state index is 11.4. The third-order valence-electron chi connectivity index (χ3n) is 2.54. The number of hydrogen-bond acceptors (Lipinski definition) is 4. The van der Waals surface area contributed by atoms with Crippen LogP contribution in [-0.4, -0.2) is 48.1 Å². The van der Waals surface area contributed by atoms with Gasteiger partial charge in [-0.15, -0.1) is 0 Å². The van der Waals surface area contributed by atoms with E-state index in [1.807, 2.05) is 0 Å². The van der Waals surface area contributed by atoms with Crippen LogP contribution >= 0.6 is 0 Å². The van der Waals surface area contributed by atoms with Crippen molar-refractivity contribution in [2.45, 2.75) is 0 Å². The van der Waals surface area contributed by atoms with Crippen LogP contribution in [0.25, 0.3) is 0 Å². The van der Waals surface area contributed by atoms with E-state index in [1.165, 1.54) is 6.33 Å². The van der Waals surface area contributed by atoms with E-state index >= 15 is 0 Å². The molecule has 0 spiro atoms. The van der Waals surface area contributed by atoms with Gasteiger partial charge in [-0.05, 0) is 7.05 Å². The molecule has 0 saturated carbocycles. The highest BCUT2D eigenvalue weighted by molar-refractivity contribution is 5.41. The van der Waals surface area contributed by atoms with E-state index in [-0.39, 0.29) is 5.56 Å². The molecule has 5 nitrogen and oxygen atoms in total. The fourth-order valence-corrected chi connectivity index (χ4v) is 1.61. The van der Waals surface area contributed by atoms with Gasteiger partial charge in [0.1, 0.15) is 5.69 Å². The van der Waals surface area contributed by atoms with E-state index in [0.717, 1.165) is 26.2 Å². The van der Waals surface area contributed by atoms with Crippen LogP contribution in [0.2, 0.25) is 0 Å². The van der Waals surface area contributed by atoms with Gasteiger partial charge in [-0.3, -0.25) is 4.79 Å². The molecule has 2 heterocycles. The molecule has 1 N–H and O–H groups in total. The fraction of sp³-hybridized carbons (Fsp3) is 0.556. The molecule has 0 unspecified atom stereocenters. The molecular weight excluding hydrogens is 180 g/mol. The van der Waals surface area contributed by atoms with E-state index in [2.05, 4.69) is 26.8 Å². The van der Waals surface area contributed by atoms with Crippen molar-refractivity contribution in [3.05, 3.63) is 22.9 Å². The van der Waals surface area contributed by atoms with Crippen LogP contribution in [0, 0.1) is 0 Å². The summed E-state index contributed by atoms with van der Waals surface area (Å²) >= 11 is 0. The summed E-state index contributed by atoms with van der Waals surface area (Å²) in [5.74, 6) is 0. The highest BCUT2D eigenvalue weighted by atomic mass is 16.1. The lowest BCUT2D eigenvalue weighted by Gasteiger charge is -2.33. The molecule has 1 aliphatic rings. The number of aromatic amines is 1. The molecule has 0 amide bonds. The van der Waals surface area contributed by atoms with Crippen molar-refractivity contribution < 1.29 is 0 Å². The van der Waals surface area contributed by atoms with Gasteiger partial charge in [-0.1, -0.05) is 0 Å². The smallest absolute Gasteiger partial charge is 0.274 e. The molecule has 1 fully saturated rings. The summed E-state index contributed by atoms with van der Waals surface area (Å²) in [6, 6.07) is 0. The molecule has 0 aromatic carbocycles. The minimum absolute atomic E-state index is 0.0513. The van der Waals surface area contributed by atoms with Crippen LogP contribution < -0.4 is 10.5 Å². The first-order valence-corrected chi connectivity index (χ1v) is 4.73. The number of aromatic nitrogens is 2. The lowest BCUT2D eigenvalue weighted by Crippen LogP contribution is -2.46. The highest BCUT2D eigenvalue weighted by Gasteiger charge is 2.16. The summed E-state index contributed by atoms with van der Waals surface area (Å²) < 4.78 is 0. The summed E-state index contributed by atoms with van der Waals surface area (Å²) in [6.07, 6.45) is 3.05. The maximum atomic E-state index is 11.4. The van der Waals surface area contributed by atoms with Crippen LogP contribution in [-0.2, 0) is 0 Å². The van der Waals surface area contributed by atoms with Gasteiger partial charge in [-0.25, -0.2) is 4.98 Å². The van der Waals surface area contributed by atoms with Crippen LogP contribution in [0.1, 0.15) is 0 Å². The predicted molar refractivity (Wildman–Crippen MR) is 54.6 cm³/mol. The van der Waals surface area contributed by atoms with Gasteiger partial charge in [0.05, 0.1) is 12.5 Å². The number of likely N-dealkylation sites (N-methyl/N-ethyl adjacent to an activating group) is 1. The molecule has 1 aromatic heterocycles. The average Bonchev–Trinajstić information content (AvgIpc) is 2.20. The molecule has 0 atom stereocenters. The largest absolute Gasteiger partial charge is 0.363 e. The van der Waals surface area contributed by atoms with Gasteiger partial charge in [0.15, 0.2) is 0 Å². The molecule has 76 valence electrons. The lowest BCUT2D eigenvalue weighted by atomic mass is 10.3. The second kappa shape index (κ2) is 3.79. The van der Waals surface area contributed by atoms with E-state index in [4.69, 9.17) is 0 Å². The third-order valence-corrected chi connectivity index (χ3v) is 2.54.